The Bertz CT molecular complexity index is 803. The van der Waals surface area contributed by atoms with Crippen LogP contribution in [-0.2, 0) is 33.4 Å². The standard InChI is InChI=1S/C16H19ClN2O3S2/c1-2-16-19-13(10-23-16)11-24(21,22)8-7-15(20)18-9-12-5-3-4-6-14(12)17/h3-6,10H,2,7-9,11H2,1H3,(H,18,20). The van der Waals surface area contributed by atoms with Gasteiger partial charge in [0.25, 0.3) is 0 Å². The van der Waals surface area contributed by atoms with E-state index in [0.29, 0.717) is 10.7 Å². The van der Waals surface area contributed by atoms with Crippen molar-refractivity contribution in [3.8, 4) is 0 Å². The van der Waals surface area contributed by atoms with Crippen LogP contribution in [0.3, 0.4) is 0 Å². The van der Waals surface area contributed by atoms with Crippen LogP contribution >= 0.6 is 22.9 Å². The molecule has 0 saturated heterocycles. The van der Waals surface area contributed by atoms with Gasteiger partial charge in [0.15, 0.2) is 9.84 Å². The van der Waals surface area contributed by atoms with Crippen LogP contribution in [0.25, 0.3) is 0 Å². The van der Waals surface area contributed by atoms with E-state index in [1.54, 1.807) is 11.4 Å². The average Bonchev–Trinajstić information content (AvgIpc) is 2.99. The van der Waals surface area contributed by atoms with Crippen LogP contribution in [-0.4, -0.2) is 25.1 Å². The Morgan fingerprint density at radius 3 is 2.75 bits per heavy atom. The zero-order valence-electron chi connectivity index (χ0n) is 13.3. The Kier molecular flexibility index (Phi) is 6.77. The maximum Gasteiger partial charge on any atom is 0.221 e. The summed E-state index contributed by atoms with van der Waals surface area (Å²) in [5, 5.41) is 5.93. The third-order valence-corrected chi connectivity index (χ3v) is 6.32. The van der Waals surface area contributed by atoms with Gasteiger partial charge in [0.2, 0.25) is 5.91 Å². The Morgan fingerprint density at radius 1 is 1.33 bits per heavy atom. The van der Waals surface area contributed by atoms with E-state index in [0.717, 1.165) is 17.0 Å². The van der Waals surface area contributed by atoms with Crippen molar-refractivity contribution in [3.63, 3.8) is 0 Å². The van der Waals surface area contributed by atoms with E-state index in [4.69, 9.17) is 11.6 Å². The van der Waals surface area contributed by atoms with Gasteiger partial charge in [-0.15, -0.1) is 11.3 Å². The summed E-state index contributed by atoms with van der Waals surface area (Å²) in [6.07, 6.45) is 0.715. The smallest absolute Gasteiger partial charge is 0.221 e. The number of benzene rings is 1. The Balaban J connectivity index is 1.80. The molecule has 0 aliphatic carbocycles. The topological polar surface area (TPSA) is 76.1 Å². The molecule has 1 N–H and O–H groups in total. The summed E-state index contributed by atoms with van der Waals surface area (Å²) < 4.78 is 24.2. The molecule has 0 unspecified atom stereocenters. The van der Waals surface area contributed by atoms with Crippen LogP contribution in [0.5, 0.6) is 0 Å². The molecule has 1 aromatic carbocycles. The number of carbonyl (C=O) groups excluding carboxylic acids is 1. The predicted molar refractivity (Wildman–Crippen MR) is 96.9 cm³/mol. The fraction of sp³-hybridized carbons (Fsp3) is 0.375. The fourth-order valence-corrected chi connectivity index (χ4v) is 4.34. The highest BCUT2D eigenvalue weighted by molar-refractivity contribution is 7.90. The first-order valence-corrected chi connectivity index (χ1v) is 10.6. The lowest BCUT2D eigenvalue weighted by atomic mass is 10.2. The van der Waals surface area contributed by atoms with Gasteiger partial charge < -0.3 is 5.32 Å². The zero-order chi connectivity index (χ0) is 17.6. The molecule has 5 nitrogen and oxygen atoms in total. The van der Waals surface area contributed by atoms with Crippen LogP contribution in [0.2, 0.25) is 5.02 Å². The largest absolute Gasteiger partial charge is 0.352 e. The molecule has 0 bridgehead atoms. The molecule has 0 atom stereocenters. The highest BCUT2D eigenvalue weighted by atomic mass is 35.5. The van der Waals surface area contributed by atoms with Crippen molar-refractivity contribution in [1.82, 2.24) is 10.3 Å². The van der Waals surface area contributed by atoms with E-state index in [-0.39, 0.29) is 30.4 Å². The van der Waals surface area contributed by atoms with E-state index in [1.165, 1.54) is 11.3 Å². The Hall–Kier alpha value is -1.44. The second-order valence-corrected chi connectivity index (χ2v) is 8.83. The van der Waals surface area contributed by atoms with Crippen molar-refractivity contribution in [3.05, 3.63) is 50.9 Å². The molecule has 24 heavy (non-hydrogen) atoms. The second kappa shape index (κ2) is 8.60. The van der Waals surface area contributed by atoms with E-state index in [1.807, 2.05) is 25.1 Å². The summed E-state index contributed by atoms with van der Waals surface area (Å²) in [5.74, 6) is -0.632. The fourth-order valence-electron chi connectivity index (χ4n) is 2.05. The van der Waals surface area contributed by atoms with Crippen molar-refractivity contribution < 1.29 is 13.2 Å². The minimum absolute atomic E-state index is 0.0719. The summed E-state index contributed by atoms with van der Waals surface area (Å²) in [5.41, 5.74) is 1.35. The van der Waals surface area contributed by atoms with Gasteiger partial charge >= 0.3 is 0 Å². The van der Waals surface area contributed by atoms with Gasteiger partial charge in [-0.3, -0.25) is 4.79 Å². The van der Waals surface area contributed by atoms with E-state index in [9.17, 15) is 13.2 Å². The van der Waals surface area contributed by atoms with E-state index < -0.39 is 9.84 Å². The summed E-state index contributed by atoms with van der Waals surface area (Å²) >= 11 is 7.46. The lowest BCUT2D eigenvalue weighted by Crippen LogP contribution is -2.25. The van der Waals surface area contributed by atoms with Gasteiger partial charge in [-0.25, -0.2) is 13.4 Å². The minimum Gasteiger partial charge on any atom is -0.352 e. The Morgan fingerprint density at radius 2 is 2.08 bits per heavy atom. The molecule has 1 heterocycles. The molecule has 0 radical (unpaired) electrons. The molecule has 8 heteroatoms. The van der Waals surface area contributed by atoms with Gasteiger partial charge in [0, 0.05) is 23.4 Å². The molecular formula is C16H19ClN2O3S2. The molecule has 1 aromatic heterocycles. The molecule has 0 spiro atoms. The number of aromatic nitrogens is 1. The maximum atomic E-state index is 12.1. The third-order valence-electron chi connectivity index (χ3n) is 3.34. The van der Waals surface area contributed by atoms with Gasteiger partial charge in [-0.1, -0.05) is 36.7 Å². The molecule has 0 aliphatic rings. The normalized spacial score (nSPS) is 11.4. The van der Waals surface area contributed by atoms with Gasteiger partial charge in [0.05, 0.1) is 22.2 Å². The monoisotopic (exact) mass is 386 g/mol. The summed E-state index contributed by atoms with van der Waals surface area (Å²) in [7, 11) is -3.36. The highest BCUT2D eigenvalue weighted by Crippen LogP contribution is 2.15. The number of nitrogens with zero attached hydrogens (tertiary/aromatic N) is 1. The van der Waals surface area contributed by atoms with Gasteiger partial charge in [-0.2, -0.15) is 0 Å². The number of halogens is 1. The van der Waals surface area contributed by atoms with Gasteiger partial charge in [0.1, 0.15) is 0 Å². The molecule has 0 aliphatic heterocycles. The minimum atomic E-state index is -3.36. The number of rotatable bonds is 8. The third kappa shape index (κ3) is 5.89. The summed E-state index contributed by atoms with van der Waals surface area (Å²) in [6, 6.07) is 7.19. The number of aryl methyl sites for hydroxylation is 1. The summed E-state index contributed by atoms with van der Waals surface area (Å²) in [6.45, 7) is 2.25. The van der Waals surface area contributed by atoms with Crippen molar-refractivity contribution in [1.29, 1.82) is 0 Å². The number of amides is 1. The van der Waals surface area contributed by atoms with Crippen LogP contribution < -0.4 is 5.32 Å². The first-order chi connectivity index (χ1) is 11.4. The zero-order valence-corrected chi connectivity index (χ0v) is 15.7. The quantitative estimate of drug-likeness (QED) is 0.756. The number of nitrogens with one attached hydrogen (secondary N) is 1. The van der Waals surface area contributed by atoms with Crippen molar-refractivity contribution in [2.75, 3.05) is 5.75 Å². The van der Waals surface area contributed by atoms with E-state index >= 15 is 0 Å². The molecule has 130 valence electrons. The molecule has 0 fully saturated rings. The first-order valence-electron chi connectivity index (χ1n) is 7.53. The van der Waals surface area contributed by atoms with Crippen molar-refractivity contribution in [2.45, 2.75) is 32.1 Å². The number of sulfone groups is 1. The molecule has 1 amide bonds. The number of carbonyl (C=O) groups is 1. The van der Waals surface area contributed by atoms with Crippen LogP contribution in [0.15, 0.2) is 29.6 Å². The number of thiazole rings is 1. The molecular weight excluding hydrogens is 368 g/mol. The van der Waals surface area contributed by atoms with Crippen LogP contribution in [0.4, 0.5) is 0 Å². The van der Waals surface area contributed by atoms with Crippen LogP contribution in [0, 0.1) is 0 Å². The van der Waals surface area contributed by atoms with Gasteiger partial charge in [-0.05, 0) is 18.1 Å². The van der Waals surface area contributed by atoms with E-state index in [2.05, 4.69) is 10.3 Å². The Labute approximate surface area is 151 Å². The average molecular weight is 387 g/mol. The second-order valence-electron chi connectivity index (χ2n) is 5.30. The number of hydrogen-bond acceptors (Lipinski definition) is 5. The van der Waals surface area contributed by atoms with Crippen LogP contribution in [0.1, 0.15) is 29.6 Å². The molecule has 2 rings (SSSR count). The first kappa shape index (κ1) is 18.9. The van der Waals surface area contributed by atoms with Crippen molar-refractivity contribution in [2.24, 2.45) is 0 Å². The highest BCUT2D eigenvalue weighted by Gasteiger charge is 2.16. The lowest BCUT2D eigenvalue weighted by Gasteiger charge is -2.07. The number of hydrogen-bond donors (Lipinski definition) is 1. The molecule has 0 saturated carbocycles. The maximum absolute atomic E-state index is 12.1. The van der Waals surface area contributed by atoms with Crippen molar-refractivity contribution >= 4 is 38.7 Å². The predicted octanol–water partition coefficient (Wildman–Crippen LogP) is 2.98. The SMILES string of the molecule is CCc1nc(CS(=O)(=O)CCC(=O)NCc2ccccc2Cl)cs1. The summed E-state index contributed by atoms with van der Waals surface area (Å²) in [4.78, 5) is 16.1. The lowest BCUT2D eigenvalue weighted by molar-refractivity contribution is -0.120. The molecule has 2 aromatic rings.